The molecule has 0 aromatic carbocycles. The van der Waals surface area contributed by atoms with Crippen LogP contribution in [0.3, 0.4) is 0 Å². The Kier molecular flexibility index (Phi) is 81.9. The van der Waals surface area contributed by atoms with Crippen LogP contribution in [0.5, 0.6) is 0 Å². The highest BCUT2D eigenvalue weighted by molar-refractivity contribution is 4.87. The lowest BCUT2D eigenvalue weighted by atomic mass is 9.86. The molecule has 6 atom stereocenters. The van der Waals surface area contributed by atoms with Crippen molar-refractivity contribution >= 4 is 0 Å². The molecular weight excluding hydrogens is 1220 g/mol. The molecule has 0 nitrogen and oxygen atoms in total. The zero-order valence-corrected chi connectivity index (χ0v) is 63.3. The number of hydrogen-bond donors (Lipinski definition) is 0. The zero-order valence-electron chi connectivity index (χ0n) is 63.3. The molecular formula is C70H144F20. The molecule has 0 aromatic rings. The molecule has 90 heavy (non-hydrogen) atoms. The summed E-state index contributed by atoms with van der Waals surface area (Å²) in [4.78, 5) is 0. The largest absolute Gasteiger partial charge is 0.402 e. The predicted octanol–water partition coefficient (Wildman–Crippen LogP) is 31.3. The Morgan fingerprint density at radius 3 is 0.656 bits per heavy atom. The Balaban J connectivity index is -0.0000000742. The van der Waals surface area contributed by atoms with Gasteiger partial charge in [-0.15, -0.1) is 0 Å². The van der Waals surface area contributed by atoms with Gasteiger partial charge in [0, 0.05) is 24.2 Å². The Bertz CT molecular complexity index is 1330. The van der Waals surface area contributed by atoms with Crippen LogP contribution < -0.4 is 0 Å². The van der Waals surface area contributed by atoms with E-state index in [1.807, 2.05) is 27.7 Å². The van der Waals surface area contributed by atoms with Gasteiger partial charge < -0.3 is 0 Å². The van der Waals surface area contributed by atoms with Crippen molar-refractivity contribution < 1.29 is 87.8 Å². The minimum Gasteiger partial charge on any atom is -0.251 e. The summed E-state index contributed by atoms with van der Waals surface area (Å²) in [6.07, 6.45) is -9.73. The van der Waals surface area contributed by atoms with E-state index in [9.17, 15) is 87.8 Å². The van der Waals surface area contributed by atoms with Crippen LogP contribution in [-0.2, 0) is 0 Å². The molecule has 0 radical (unpaired) electrons. The smallest absolute Gasteiger partial charge is 0.251 e. The maximum atomic E-state index is 12.3. The first-order valence-electron chi connectivity index (χ1n) is 33.3. The lowest BCUT2D eigenvalue weighted by Gasteiger charge is -2.32. The fourth-order valence-electron chi connectivity index (χ4n) is 4.56. The summed E-state index contributed by atoms with van der Waals surface area (Å²) in [5.41, 5.74) is -1.95. The SMILES string of the molecule is CCC(C)(C(F)(F)F)C(F)(F)F.CCC(C)(C)C.CCC(C)(C)C.CCC(C)C(F)(F)F.CCC(C)C(F)F.CCC(C)CF.CCC(F)(F)C(C)C.CCCC(C)(C)C.CCCC(C)C.CCCC(C)C(F)(F)F.CCCC(C)C(F)F.CCCC(C)CF. The van der Waals surface area contributed by atoms with Gasteiger partial charge in [-0.1, -0.05) is 272 Å². The van der Waals surface area contributed by atoms with Crippen molar-refractivity contribution in [3.05, 3.63) is 0 Å². The van der Waals surface area contributed by atoms with Gasteiger partial charge in [0.15, 0.2) is 5.41 Å². The van der Waals surface area contributed by atoms with Crippen LogP contribution in [0.4, 0.5) is 87.8 Å². The van der Waals surface area contributed by atoms with E-state index in [1.165, 1.54) is 80.1 Å². The Hall–Kier alpha value is -1.40. The molecule has 0 amide bonds. The van der Waals surface area contributed by atoms with Gasteiger partial charge in [-0.3, -0.25) is 8.78 Å². The average Bonchev–Trinajstić information content (AvgIpc) is 3.58. The zero-order chi connectivity index (χ0) is 75.7. The lowest BCUT2D eigenvalue weighted by Crippen LogP contribution is -2.47. The summed E-state index contributed by atoms with van der Waals surface area (Å²) in [5, 5.41) is 0. The van der Waals surface area contributed by atoms with Crippen molar-refractivity contribution in [2.45, 2.75) is 374 Å². The van der Waals surface area contributed by atoms with E-state index in [0.717, 1.165) is 38.5 Å². The second-order valence-electron chi connectivity index (χ2n) is 27.9. The van der Waals surface area contributed by atoms with E-state index < -0.39 is 84.9 Å². The highest BCUT2D eigenvalue weighted by Crippen LogP contribution is 2.52. The fraction of sp³-hybridized carbons (Fsp3) is 1.00. The van der Waals surface area contributed by atoms with Crippen LogP contribution in [-0.4, -0.2) is 56.8 Å². The van der Waals surface area contributed by atoms with E-state index in [4.69, 9.17) is 0 Å². The highest BCUT2D eigenvalue weighted by Gasteiger charge is 2.66. The van der Waals surface area contributed by atoms with E-state index >= 15 is 0 Å². The van der Waals surface area contributed by atoms with Gasteiger partial charge >= 0.3 is 24.7 Å². The van der Waals surface area contributed by atoms with Gasteiger partial charge in [0.2, 0.25) is 18.8 Å². The summed E-state index contributed by atoms with van der Waals surface area (Å²) in [7, 11) is 0. The van der Waals surface area contributed by atoms with E-state index in [2.05, 4.69) is 111 Å². The molecule has 6 unspecified atom stereocenters. The monoisotopic (exact) mass is 1370 g/mol. The van der Waals surface area contributed by atoms with Crippen LogP contribution in [0.15, 0.2) is 0 Å². The fourth-order valence-corrected chi connectivity index (χ4v) is 4.56. The first-order valence-corrected chi connectivity index (χ1v) is 33.3. The van der Waals surface area contributed by atoms with Gasteiger partial charge in [0.05, 0.1) is 25.2 Å². The van der Waals surface area contributed by atoms with Crippen molar-refractivity contribution in [3.8, 4) is 0 Å². The van der Waals surface area contributed by atoms with Crippen molar-refractivity contribution in [3.63, 3.8) is 0 Å². The van der Waals surface area contributed by atoms with E-state index in [1.54, 1.807) is 27.7 Å². The lowest BCUT2D eigenvalue weighted by molar-refractivity contribution is -0.335. The molecule has 0 spiro atoms. The highest BCUT2D eigenvalue weighted by atomic mass is 19.4. The number of alkyl halides is 20. The predicted molar refractivity (Wildman–Crippen MR) is 351 cm³/mol. The van der Waals surface area contributed by atoms with E-state index in [0.29, 0.717) is 35.5 Å². The Labute approximate surface area is 542 Å². The van der Waals surface area contributed by atoms with Crippen LogP contribution in [0.2, 0.25) is 0 Å². The van der Waals surface area contributed by atoms with Crippen molar-refractivity contribution in [2.75, 3.05) is 13.3 Å². The third-order valence-corrected chi connectivity index (χ3v) is 14.0. The number of hydrogen-bond acceptors (Lipinski definition) is 0. The number of rotatable bonds is 19. The van der Waals surface area contributed by atoms with E-state index in [-0.39, 0.29) is 51.4 Å². The molecule has 0 aliphatic heterocycles. The molecule has 0 aromatic heterocycles. The first kappa shape index (κ1) is 116. The third kappa shape index (κ3) is 97.7. The summed E-state index contributed by atoms with van der Waals surface area (Å²) in [6.45, 7) is 59.3. The molecule has 0 fully saturated rings. The van der Waals surface area contributed by atoms with Gasteiger partial charge in [-0.25, -0.2) is 26.3 Å². The molecule has 20 heteroatoms. The van der Waals surface area contributed by atoms with Gasteiger partial charge in [0.25, 0.3) is 0 Å². The minimum atomic E-state index is -5.24. The van der Waals surface area contributed by atoms with Crippen molar-refractivity contribution in [1.82, 2.24) is 0 Å². The topological polar surface area (TPSA) is 0 Å². The second kappa shape index (κ2) is 63.6. The normalized spacial score (nSPS) is 13.9. The number of halogens is 20. The third-order valence-electron chi connectivity index (χ3n) is 14.0. The summed E-state index contributed by atoms with van der Waals surface area (Å²) in [6, 6.07) is 0. The molecule has 0 heterocycles. The van der Waals surface area contributed by atoms with Gasteiger partial charge in [0.1, 0.15) is 0 Å². The van der Waals surface area contributed by atoms with Crippen molar-refractivity contribution in [2.24, 2.45) is 69.0 Å². The van der Waals surface area contributed by atoms with Crippen LogP contribution in [0.1, 0.15) is 331 Å². The Morgan fingerprint density at radius 1 is 0.311 bits per heavy atom. The molecule has 0 saturated carbocycles. The summed E-state index contributed by atoms with van der Waals surface area (Å²) >= 11 is 0. The van der Waals surface area contributed by atoms with Crippen molar-refractivity contribution in [1.29, 1.82) is 0 Å². The van der Waals surface area contributed by atoms with Crippen LogP contribution in [0.25, 0.3) is 0 Å². The average molecular weight is 1370 g/mol. The maximum Gasteiger partial charge on any atom is 0.402 e. The molecule has 0 N–H and O–H groups in total. The first-order chi connectivity index (χ1) is 40.0. The van der Waals surface area contributed by atoms with Crippen LogP contribution in [0, 0.1) is 69.0 Å². The quantitative estimate of drug-likeness (QED) is 0.113. The molecule has 0 aliphatic carbocycles. The molecule has 564 valence electrons. The molecule has 0 rings (SSSR count). The molecule has 0 aliphatic rings. The Morgan fingerprint density at radius 2 is 0.622 bits per heavy atom. The molecule has 0 bridgehead atoms. The van der Waals surface area contributed by atoms with Gasteiger partial charge in [-0.05, 0) is 85.9 Å². The summed E-state index contributed by atoms with van der Waals surface area (Å²) < 4.78 is 234. The second-order valence-corrected chi connectivity index (χ2v) is 27.9. The minimum absolute atomic E-state index is 0.0509. The maximum absolute atomic E-state index is 12.3. The molecule has 0 saturated heterocycles. The standard InChI is InChI=1S/C7H16.C6H8F6.C6H11F3.2C6H12F2.C6H13F.3C6H14.C5H9F3.C5H10F2.C5H11F/c1-5-6-7(2,3)4;1-3-4(2,5(7,8)9)6(10,11)12;1-3-4-5(2)6(7,8)9;1-4-6(7,8)5(2)3;1-3-4-5(2)6(7)8;1-3-4-6(2)5-7;2*1-5-6(2,3)4;1-4-5-6(2)3;1-3-4(2)5(6,7)8;1-3-4(2)5(6)7;1-3-5(2)4-6/h5-6H2,1-4H3;3H2,1-2H3;5H,3-4H2,1-2H3;5H,4H2,1-3H3;5-6H,3-4H2,1-2H3;6H,3-5H2,1-2H3;2*5H2,1-4H3;6H,4-5H2,1-3H3;4H,3H2,1-2H3;4-5H,3H2,1-2H3;5H,3-4H2,1-2H3. The van der Waals surface area contributed by atoms with Gasteiger partial charge in [-0.2, -0.15) is 52.7 Å². The summed E-state index contributed by atoms with van der Waals surface area (Å²) in [5.74, 6) is -4.66. The van der Waals surface area contributed by atoms with Crippen LogP contribution >= 0.6 is 0 Å².